The Morgan fingerprint density at radius 2 is 2.15 bits per heavy atom. The van der Waals surface area contributed by atoms with E-state index in [1.54, 1.807) is 6.26 Å². The van der Waals surface area contributed by atoms with Crippen molar-refractivity contribution in [3.05, 3.63) is 36.1 Å². The van der Waals surface area contributed by atoms with Gasteiger partial charge in [0, 0.05) is 17.0 Å². The van der Waals surface area contributed by atoms with Crippen LogP contribution in [0, 0.1) is 0 Å². The summed E-state index contributed by atoms with van der Waals surface area (Å²) in [6, 6.07) is 8.04. The van der Waals surface area contributed by atoms with E-state index in [2.05, 4.69) is 5.43 Å². The highest BCUT2D eigenvalue weighted by atomic mass is 16.3. The van der Waals surface area contributed by atoms with E-state index in [-0.39, 0.29) is 6.04 Å². The van der Waals surface area contributed by atoms with Crippen LogP contribution in [0.15, 0.2) is 34.9 Å². The Morgan fingerprint density at radius 3 is 2.92 bits per heavy atom. The minimum absolute atomic E-state index is 0.114. The van der Waals surface area contributed by atoms with E-state index in [9.17, 15) is 0 Å². The molecule has 0 fully saturated rings. The number of furan rings is 1. The van der Waals surface area contributed by atoms with Crippen molar-refractivity contribution in [1.82, 2.24) is 5.43 Å². The Bertz CT molecular complexity index is 408. The number of nitrogens with two attached hydrogens (primary N) is 1. The second kappa shape index (κ2) is 3.20. The number of hydrogen-bond acceptors (Lipinski definition) is 3. The molecule has 1 heterocycles. The Hall–Kier alpha value is -1.32. The van der Waals surface area contributed by atoms with Crippen molar-refractivity contribution in [3.8, 4) is 0 Å². The van der Waals surface area contributed by atoms with Crippen LogP contribution in [0.25, 0.3) is 11.0 Å². The zero-order chi connectivity index (χ0) is 9.26. The van der Waals surface area contributed by atoms with Gasteiger partial charge in [0.2, 0.25) is 0 Å². The molecule has 3 N–H and O–H groups in total. The maximum absolute atomic E-state index is 5.38. The third kappa shape index (κ3) is 1.32. The molecule has 1 aromatic heterocycles. The lowest BCUT2D eigenvalue weighted by Crippen LogP contribution is -2.25. The molecular weight excluding hydrogens is 164 g/mol. The summed E-state index contributed by atoms with van der Waals surface area (Å²) in [7, 11) is 0. The normalized spacial score (nSPS) is 13.4. The number of para-hydroxylation sites is 1. The molecule has 0 bridgehead atoms. The van der Waals surface area contributed by atoms with Crippen LogP contribution in [0.1, 0.15) is 18.5 Å². The summed E-state index contributed by atoms with van der Waals surface area (Å²) < 4.78 is 5.38. The summed E-state index contributed by atoms with van der Waals surface area (Å²) in [6.07, 6.45) is 1.75. The number of rotatable bonds is 2. The topological polar surface area (TPSA) is 51.2 Å². The fraction of sp³-hybridized carbons (Fsp3) is 0.200. The Kier molecular flexibility index (Phi) is 2.04. The van der Waals surface area contributed by atoms with Crippen LogP contribution in [-0.2, 0) is 0 Å². The van der Waals surface area contributed by atoms with Crippen LogP contribution in [0.3, 0.4) is 0 Å². The number of hydrazine groups is 1. The second-order valence-electron chi connectivity index (χ2n) is 3.08. The molecule has 0 saturated carbocycles. The Morgan fingerprint density at radius 1 is 1.38 bits per heavy atom. The van der Waals surface area contributed by atoms with Gasteiger partial charge in [-0.25, -0.2) is 0 Å². The van der Waals surface area contributed by atoms with E-state index in [4.69, 9.17) is 10.3 Å². The first-order valence-corrected chi connectivity index (χ1v) is 4.25. The molecular formula is C10H12N2O. The standard InChI is InChI=1S/C10H12N2O/c1-7(12-11)9-6-13-10-5-3-2-4-8(9)10/h2-7,12H,11H2,1H3. The van der Waals surface area contributed by atoms with E-state index in [0.717, 1.165) is 16.5 Å². The fourth-order valence-corrected chi connectivity index (χ4v) is 1.42. The van der Waals surface area contributed by atoms with Crippen LogP contribution in [0.5, 0.6) is 0 Å². The zero-order valence-corrected chi connectivity index (χ0v) is 7.45. The number of hydrogen-bond donors (Lipinski definition) is 2. The van der Waals surface area contributed by atoms with Crippen molar-refractivity contribution < 1.29 is 4.42 Å². The van der Waals surface area contributed by atoms with Gasteiger partial charge >= 0.3 is 0 Å². The highest BCUT2D eigenvalue weighted by molar-refractivity contribution is 5.81. The third-order valence-electron chi connectivity index (χ3n) is 2.23. The van der Waals surface area contributed by atoms with Gasteiger partial charge < -0.3 is 4.42 Å². The summed E-state index contributed by atoms with van der Waals surface area (Å²) in [6.45, 7) is 2.00. The molecule has 3 heteroatoms. The molecule has 3 nitrogen and oxygen atoms in total. The predicted octanol–water partition coefficient (Wildman–Crippen LogP) is 1.96. The average molecular weight is 176 g/mol. The lowest BCUT2D eigenvalue weighted by Gasteiger charge is -2.06. The minimum atomic E-state index is 0.114. The van der Waals surface area contributed by atoms with Gasteiger partial charge in [0.25, 0.3) is 0 Å². The molecule has 2 aromatic rings. The van der Waals surface area contributed by atoms with Crippen LogP contribution in [0.4, 0.5) is 0 Å². The van der Waals surface area contributed by atoms with Crippen molar-refractivity contribution in [2.45, 2.75) is 13.0 Å². The molecule has 68 valence electrons. The highest BCUT2D eigenvalue weighted by Crippen LogP contribution is 2.25. The van der Waals surface area contributed by atoms with Crippen LogP contribution < -0.4 is 11.3 Å². The van der Waals surface area contributed by atoms with Gasteiger partial charge in [-0.2, -0.15) is 0 Å². The minimum Gasteiger partial charge on any atom is -0.464 e. The molecule has 0 aliphatic carbocycles. The van der Waals surface area contributed by atoms with E-state index >= 15 is 0 Å². The van der Waals surface area contributed by atoms with Crippen LogP contribution >= 0.6 is 0 Å². The fourth-order valence-electron chi connectivity index (χ4n) is 1.42. The molecule has 1 aromatic carbocycles. The number of benzene rings is 1. The molecule has 0 radical (unpaired) electrons. The van der Waals surface area contributed by atoms with E-state index < -0.39 is 0 Å². The van der Waals surface area contributed by atoms with Crippen LogP contribution in [-0.4, -0.2) is 0 Å². The first-order chi connectivity index (χ1) is 6.33. The maximum atomic E-state index is 5.38. The smallest absolute Gasteiger partial charge is 0.134 e. The highest BCUT2D eigenvalue weighted by Gasteiger charge is 2.09. The van der Waals surface area contributed by atoms with Crippen molar-refractivity contribution in [1.29, 1.82) is 0 Å². The molecule has 2 rings (SSSR count). The summed E-state index contributed by atoms with van der Waals surface area (Å²) in [5, 5.41) is 1.12. The van der Waals surface area contributed by atoms with E-state index in [1.807, 2.05) is 31.2 Å². The van der Waals surface area contributed by atoms with Crippen molar-refractivity contribution in [3.63, 3.8) is 0 Å². The monoisotopic (exact) mass is 176 g/mol. The van der Waals surface area contributed by atoms with Gasteiger partial charge in [-0.05, 0) is 13.0 Å². The average Bonchev–Trinajstić information content (AvgIpc) is 2.60. The number of nitrogens with one attached hydrogen (secondary N) is 1. The second-order valence-corrected chi connectivity index (χ2v) is 3.08. The summed E-state index contributed by atoms with van der Waals surface area (Å²) >= 11 is 0. The Balaban J connectivity index is 2.57. The summed E-state index contributed by atoms with van der Waals surface area (Å²) in [4.78, 5) is 0. The van der Waals surface area contributed by atoms with Gasteiger partial charge in [0.1, 0.15) is 5.58 Å². The molecule has 1 atom stereocenters. The van der Waals surface area contributed by atoms with Gasteiger partial charge in [-0.15, -0.1) is 0 Å². The van der Waals surface area contributed by atoms with Crippen molar-refractivity contribution in [2.75, 3.05) is 0 Å². The maximum Gasteiger partial charge on any atom is 0.134 e. The van der Waals surface area contributed by atoms with Gasteiger partial charge in [0.15, 0.2) is 0 Å². The molecule has 1 unspecified atom stereocenters. The third-order valence-corrected chi connectivity index (χ3v) is 2.23. The largest absolute Gasteiger partial charge is 0.464 e. The Labute approximate surface area is 76.5 Å². The first kappa shape index (κ1) is 8.29. The van der Waals surface area contributed by atoms with Crippen molar-refractivity contribution in [2.24, 2.45) is 5.84 Å². The van der Waals surface area contributed by atoms with E-state index in [0.29, 0.717) is 0 Å². The molecule has 0 amide bonds. The molecule has 0 aliphatic heterocycles. The predicted molar refractivity (Wildman–Crippen MR) is 52.0 cm³/mol. The zero-order valence-electron chi connectivity index (χ0n) is 7.45. The van der Waals surface area contributed by atoms with Crippen molar-refractivity contribution >= 4 is 11.0 Å². The summed E-state index contributed by atoms with van der Waals surface area (Å²) in [5.74, 6) is 5.36. The molecule has 0 spiro atoms. The SMILES string of the molecule is CC(NN)c1coc2ccccc12. The van der Waals surface area contributed by atoms with Gasteiger partial charge in [0.05, 0.1) is 6.26 Å². The quantitative estimate of drug-likeness (QED) is 0.543. The summed E-state index contributed by atoms with van der Waals surface area (Å²) in [5.41, 5.74) is 4.70. The lowest BCUT2D eigenvalue weighted by molar-refractivity contribution is 0.570. The van der Waals surface area contributed by atoms with Crippen LogP contribution in [0.2, 0.25) is 0 Å². The first-order valence-electron chi connectivity index (χ1n) is 4.25. The van der Waals surface area contributed by atoms with Gasteiger partial charge in [-0.1, -0.05) is 18.2 Å². The lowest BCUT2D eigenvalue weighted by atomic mass is 10.1. The molecule has 0 aliphatic rings. The van der Waals surface area contributed by atoms with Gasteiger partial charge in [-0.3, -0.25) is 11.3 Å². The van der Waals surface area contributed by atoms with E-state index in [1.165, 1.54) is 0 Å². The number of fused-ring (bicyclic) bond motifs is 1. The molecule has 13 heavy (non-hydrogen) atoms. The molecule has 0 saturated heterocycles.